The summed E-state index contributed by atoms with van der Waals surface area (Å²) in [7, 11) is 0. The number of carbonyl (C=O) groups excluding carboxylic acids is 2. The van der Waals surface area contributed by atoms with Gasteiger partial charge in [-0.15, -0.1) is 0 Å². The molecule has 0 aromatic heterocycles. The van der Waals surface area contributed by atoms with E-state index in [4.69, 9.17) is 19.8 Å². The summed E-state index contributed by atoms with van der Waals surface area (Å²) in [5.74, 6) is -2.79. The van der Waals surface area contributed by atoms with E-state index in [1.54, 1.807) is 0 Å². The van der Waals surface area contributed by atoms with Crippen LogP contribution in [0.4, 0.5) is 0 Å². The summed E-state index contributed by atoms with van der Waals surface area (Å²) in [6, 6.07) is 0. The number of hydrogen-bond donors (Lipinski definition) is 2. The number of carboxylic acids is 2. The second-order valence-corrected chi connectivity index (χ2v) is 2.12. The van der Waals surface area contributed by atoms with Crippen molar-refractivity contribution < 1.29 is 34.1 Å². The van der Waals surface area contributed by atoms with Crippen molar-refractivity contribution in [3.05, 3.63) is 0 Å². The smallest absolute Gasteiger partial charge is 0.310 e. The Bertz CT molecular complexity index is 199. The van der Waals surface area contributed by atoms with Crippen molar-refractivity contribution in [2.75, 3.05) is 0 Å². The molecule has 7 heteroatoms. The number of hydrogen-bond acceptors (Lipinski definition) is 5. The third-order valence-corrected chi connectivity index (χ3v) is 0.287. The largest absolute Gasteiger partial charge is 0.481 e. The highest BCUT2D eigenvalue weighted by Crippen LogP contribution is 1.73. The maximum absolute atomic E-state index is 9.81. The van der Waals surface area contributed by atoms with Crippen molar-refractivity contribution in [2.24, 2.45) is 0 Å². The molecule has 0 saturated carbocycles. The zero-order valence-corrected chi connectivity index (χ0v) is 8.94. The molecule has 0 aromatic rings. The van der Waals surface area contributed by atoms with Gasteiger partial charge in [-0.3, -0.25) is 19.2 Å². The molecule has 0 aromatic carbocycles. The van der Waals surface area contributed by atoms with Crippen LogP contribution in [0.1, 0.15) is 27.7 Å². The summed E-state index contributed by atoms with van der Waals surface area (Å²) in [5, 5.41) is 14.8. The number of carboxylic acid groups (broad SMARTS) is 2. The molecule has 15 heavy (non-hydrogen) atoms. The van der Waals surface area contributed by atoms with E-state index < -0.39 is 23.9 Å². The summed E-state index contributed by atoms with van der Waals surface area (Å²) in [6.07, 6.45) is 0. The molecule has 0 aliphatic carbocycles. The second kappa shape index (κ2) is 12.1. The molecule has 0 saturated heterocycles. The van der Waals surface area contributed by atoms with Gasteiger partial charge in [0.1, 0.15) is 0 Å². The molecule has 0 unspecified atom stereocenters. The minimum absolute atomic E-state index is 0.562. The summed E-state index contributed by atoms with van der Waals surface area (Å²) >= 11 is 0. The van der Waals surface area contributed by atoms with Crippen LogP contribution in [-0.2, 0) is 23.9 Å². The van der Waals surface area contributed by atoms with Crippen LogP contribution in [0.5, 0.6) is 0 Å². The molecule has 0 aliphatic heterocycles. The Balaban J connectivity index is -0.000000155. The van der Waals surface area contributed by atoms with E-state index in [2.05, 4.69) is 4.74 Å². The first-order valence-electron chi connectivity index (χ1n) is 3.67. The third kappa shape index (κ3) is 284. The van der Waals surface area contributed by atoms with Crippen LogP contribution in [0.25, 0.3) is 0 Å². The number of rotatable bonds is 0. The fraction of sp³-hybridized carbons (Fsp3) is 0.500. The fourth-order valence-corrected chi connectivity index (χ4v) is 0.202. The highest BCUT2D eigenvalue weighted by atomic mass is 16.6. The topological polar surface area (TPSA) is 118 Å². The first-order valence-corrected chi connectivity index (χ1v) is 3.67. The van der Waals surface area contributed by atoms with Gasteiger partial charge in [0.25, 0.3) is 11.9 Å². The Labute approximate surface area is 86.7 Å². The average molecular weight is 222 g/mol. The lowest BCUT2D eigenvalue weighted by Crippen LogP contribution is -2.03. The average Bonchev–Trinajstić information content (AvgIpc) is 1.78. The molecule has 0 aliphatic rings. The first-order chi connectivity index (χ1) is 6.59. The van der Waals surface area contributed by atoms with Crippen molar-refractivity contribution in [2.45, 2.75) is 27.7 Å². The maximum Gasteiger partial charge on any atom is 0.310 e. The van der Waals surface area contributed by atoms with Crippen LogP contribution in [-0.4, -0.2) is 34.1 Å². The Hall–Kier alpha value is -1.92. The van der Waals surface area contributed by atoms with E-state index in [1.807, 2.05) is 0 Å². The molecule has 0 radical (unpaired) electrons. The summed E-state index contributed by atoms with van der Waals surface area (Å²) in [4.78, 5) is 37.6. The van der Waals surface area contributed by atoms with Crippen molar-refractivity contribution in [3.63, 3.8) is 0 Å². The molecule has 0 bridgehead atoms. The van der Waals surface area contributed by atoms with Gasteiger partial charge < -0.3 is 14.9 Å². The van der Waals surface area contributed by atoms with Gasteiger partial charge in [-0.25, -0.2) is 0 Å². The van der Waals surface area contributed by atoms with Gasteiger partial charge in [-0.05, 0) is 0 Å². The highest BCUT2D eigenvalue weighted by Gasteiger charge is 1.93. The van der Waals surface area contributed by atoms with Crippen molar-refractivity contribution in [3.8, 4) is 0 Å². The van der Waals surface area contributed by atoms with E-state index >= 15 is 0 Å². The SMILES string of the molecule is CC(=O)O.CC(=O)O.CC(=O)OC(C)=O. The van der Waals surface area contributed by atoms with Gasteiger partial charge in [0, 0.05) is 27.7 Å². The first kappa shape index (κ1) is 18.8. The maximum atomic E-state index is 9.81. The van der Waals surface area contributed by atoms with Crippen LogP contribution in [0, 0.1) is 0 Å². The summed E-state index contributed by atoms with van der Waals surface area (Å²) in [6.45, 7) is 4.53. The minimum atomic E-state index is -0.833. The standard InChI is InChI=1S/C4H6O3.2C2H4O2/c1-3(5)7-4(2)6;2*1-2(3)4/h1-2H3;2*1H3,(H,3,4). The zero-order chi connectivity index (χ0) is 13.0. The van der Waals surface area contributed by atoms with E-state index in [0.717, 1.165) is 13.8 Å². The Morgan fingerprint density at radius 3 is 0.867 bits per heavy atom. The normalized spacial score (nSPS) is 6.93. The quantitative estimate of drug-likeness (QED) is 0.446. The number of aliphatic carboxylic acids is 2. The lowest BCUT2D eigenvalue weighted by Gasteiger charge is -1.87. The summed E-state index contributed by atoms with van der Waals surface area (Å²) in [5.41, 5.74) is 0. The van der Waals surface area contributed by atoms with Crippen LogP contribution in [0.15, 0.2) is 0 Å². The Morgan fingerprint density at radius 1 is 0.733 bits per heavy atom. The highest BCUT2D eigenvalue weighted by molar-refractivity contribution is 5.82. The second-order valence-electron chi connectivity index (χ2n) is 2.12. The van der Waals surface area contributed by atoms with Gasteiger partial charge in [0.15, 0.2) is 0 Å². The number of ether oxygens (including phenoxy) is 1. The van der Waals surface area contributed by atoms with Gasteiger partial charge in [0.2, 0.25) is 0 Å². The Kier molecular flexibility index (Phi) is 15.1. The van der Waals surface area contributed by atoms with Crippen LogP contribution in [0.2, 0.25) is 0 Å². The Morgan fingerprint density at radius 2 is 0.867 bits per heavy atom. The van der Waals surface area contributed by atoms with Crippen molar-refractivity contribution in [1.82, 2.24) is 0 Å². The lowest BCUT2D eigenvalue weighted by molar-refractivity contribution is -0.156. The molecule has 88 valence electrons. The number of carbonyl (C=O) groups is 4. The zero-order valence-electron chi connectivity index (χ0n) is 8.94. The molecule has 7 nitrogen and oxygen atoms in total. The van der Waals surface area contributed by atoms with Crippen LogP contribution < -0.4 is 0 Å². The lowest BCUT2D eigenvalue weighted by atomic mass is 10.7. The third-order valence-electron chi connectivity index (χ3n) is 0.287. The molecule has 0 fully saturated rings. The molecule has 0 spiro atoms. The van der Waals surface area contributed by atoms with Crippen molar-refractivity contribution >= 4 is 23.9 Å². The molecular formula is C8H14O7. The van der Waals surface area contributed by atoms with Crippen molar-refractivity contribution in [1.29, 1.82) is 0 Å². The van der Waals surface area contributed by atoms with E-state index in [-0.39, 0.29) is 0 Å². The predicted molar refractivity (Wildman–Crippen MR) is 49.1 cm³/mol. The minimum Gasteiger partial charge on any atom is -0.481 e. The molecular weight excluding hydrogens is 208 g/mol. The predicted octanol–water partition coefficient (Wildman–Crippen LogP) is 0.278. The van der Waals surface area contributed by atoms with Gasteiger partial charge >= 0.3 is 11.9 Å². The molecule has 0 atom stereocenters. The molecule has 0 amide bonds. The molecule has 0 rings (SSSR count). The van der Waals surface area contributed by atoms with E-state index in [1.165, 1.54) is 13.8 Å². The molecule has 2 N–H and O–H groups in total. The van der Waals surface area contributed by atoms with Gasteiger partial charge in [-0.2, -0.15) is 0 Å². The van der Waals surface area contributed by atoms with Gasteiger partial charge in [0.05, 0.1) is 0 Å². The number of esters is 2. The van der Waals surface area contributed by atoms with Crippen LogP contribution in [0.3, 0.4) is 0 Å². The van der Waals surface area contributed by atoms with Gasteiger partial charge in [-0.1, -0.05) is 0 Å². The molecule has 0 heterocycles. The van der Waals surface area contributed by atoms with E-state index in [9.17, 15) is 9.59 Å². The summed E-state index contributed by atoms with van der Waals surface area (Å²) < 4.78 is 3.97. The van der Waals surface area contributed by atoms with Crippen LogP contribution >= 0.6 is 0 Å². The fourth-order valence-electron chi connectivity index (χ4n) is 0.202. The monoisotopic (exact) mass is 222 g/mol. The van der Waals surface area contributed by atoms with E-state index in [0.29, 0.717) is 0 Å².